The fourth-order valence-electron chi connectivity index (χ4n) is 3.91. The zero-order valence-electron chi connectivity index (χ0n) is 16.5. The number of para-hydroxylation sites is 1. The first-order valence-corrected chi connectivity index (χ1v) is 9.82. The lowest BCUT2D eigenvalue weighted by Crippen LogP contribution is -2.32. The number of benzene rings is 1. The van der Waals surface area contributed by atoms with Crippen molar-refractivity contribution in [2.75, 3.05) is 13.7 Å². The standard InChI is InChI=1S/C23H26N2O4/c1-29-20-11-6-5-10-19(20)23(28)25-15-13-17(8-3-2-4-12-21(26)27)22(25)18-9-7-14-24-16-18/h2-3,5-7,9-11,14,16-17,22H,4,8,12-13,15H2,1H3,(H,26,27)/b3-2-/t17-,22+/m1/s1. The Balaban J connectivity index is 1.81. The molecule has 1 aromatic carbocycles. The van der Waals surface area contributed by atoms with Crippen LogP contribution in [-0.4, -0.2) is 40.5 Å². The van der Waals surface area contributed by atoms with Crippen LogP contribution in [0.5, 0.6) is 5.75 Å². The first-order chi connectivity index (χ1) is 14.1. The summed E-state index contributed by atoms with van der Waals surface area (Å²) in [5, 5.41) is 8.77. The van der Waals surface area contributed by atoms with Crippen molar-refractivity contribution < 1.29 is 19.4 Å². The van der Waals surface area contributed by atoms with Crippen molar-refractivity contribution in [1.82, 2.24) is 9.88 Å². The molecule has 1 aliphatic heterocycles. The van der Waals surface area contributed by atoms with E-state index in [2.05, 4.69) is 4.98 Å². The van der Waals surface area contributed by atoms with Gasteiger partial charge >= 0.3 is 5.97 Å². The van der Waals surface area contributed by atoms with Gasteiger partial charge in [-0.15, -0.1) is 0 Å². The molecule has 6 heteroatoms. The van der Waals surface area contributed by atoms with E-state index < -0.39 is 5.97 Å². The molecule has 0 bridgehead atoms. The third-order valence-corrected chi connectivity index (χ3v) is 5.28. The second-order valence-corrected chi connectivity index (χ2v) is 7.12. The summed E-state index contributed by atoms with van der Waals surface area (Å²) in [6.07, 6.45) is 9.81. The Labute approximate surface area is 170 Å². The smallest absolute Gasteiger partial charge is 0.303 e. The van der Waals surface area contributed by atoms with Gasteiger partial charge in [0, 0.05) is 25.4 Å². The first kappa shape index (κ1) is 20.6. The van der Waals surface area contributed by atoms with Gasteiger partial charge in [0.2, 0.25) is 0 Å². The number of carboxylic acid groups (broad SMARTS) is 1. The number of carbonyl (C=O) groups excluding carboxylic acids is 1. The highest BCUT2D eigenvalue weighted by molar-refractivity contribution is 5.97. The number of carboxylic acids is 1. The fourth-order valence-corrected chi connectivity index (χ4v) is 3.91. The number of rotatable bonds is 8. The Morgan fingerprint density at radius 3 is 2.79 bits per heavy atom. The van der Waals surface area contributed by atoms with Crippen molar-refractivity contribution in [3.8, 4) is 5.75 Å². The minimum Gasteiger partial charge on any atom is -0.496 e. The number of carbonyl (C=O) groups is 2. The van der Waals surface area contributed by atoms with Gasteiger partial charge < -0.3 is 14.7 Å². The molecule has 1 saturated heterocycles. The number of aliphatic carboxylic acids is 1. The molecule has 0 aliphatic carbocycles. The normalized spacial score (nSPS) is 18.9. The molecule has 1 fully saturated rings. The molecule has 0 radical (unpaired) electrons. The molecule has 0 spiro atoms. The maximum Gasteiger partial charge on any atom is 0.303 e. The van der Waals surface area contributed by atoms with Gasteiger partial charge in [0.05, 0.1) is 18.7 Å². The summed E-state index contributed by atoms with van der Waals surface area (Å²) in [6.45, 7) is 0.657. The number of aromatic nitrogens is 1. The minimum absolute atomic E-state index is 0.0475. The summed E-state index contributed by atoms with van der Waals surface area (Å²) in [7, 11) is 1.57. The SMILES string of the molecule is COc1ccccc1C(=O)N1CC[C@@H](C/C=C\CCC(=O)O)[C@H]1c1cccnc1. The van der Waals surface area contributed by atoms with Gasteiger partial charge in [-0.1, -0.05) is 30.4 Å². The highest BCUT2D eigenvalue weighted by Crippen LogP contribution is 2.40. The number of pyridine rings is 1. The molecular formula is C23H26N2O4. The second-order valence-electron chi connectivity index (χ2n) is 7.12. The molecule has 1 amide bonds. The zero-order chi connectivity index (χ0) is 20.6. The van der Waals surface area contributed by atoms with Crippen LogP contribution in [0.1, 0.15) is 47.6 Å². The van der Waals surface area contributed by atoms with E-state index in [0.717, 1.165) is 18.4 Å². The van der Waals surface area contributed by atoms with Gasteiger partial charge in [-0.05, 0) is 48.9 Å². The number of ether oxygens (including phenoxy) is 1. The van der Waals surface area contributed by atoms with E-state index in [1.807, 2.05) is 47.5 Å². The van der Waals surface area contributed by atoms with Gasteiger partial charge in [0.1, 0.15) is 5.75 Å². The van der Waals surface area contributed by atoms with Crippen molar-refractivity contribution in [3.63, 3.8) is 0 Å². The molecule has 3 rings (SSSR count). The highest BCUT2D eigenvalue weighted by atomic mass is 16.5. The predicted molar refractivity (Wildman–Crippen MR) is 110 cm³/mol. The van der Waals surface area contributed by atoms with Crippen molar-refractivity contribution in [2.24, 2.45) is 5.92 Å². The Hall–Kier alpha value is -3.15. The number of allylic oxidation sites excluding steroid dienone is 2. The van der Waals surface area contributed by atoms with E-state index in [4.69, 9.17) is 9.84 Å². The summed E-state index contributed by atoms with van der Waals surface area (Å²) in [5.41, 5.74) is 1.57. The van der Waals surface area contributed by atoms with Crippen LogP contribution in [0.25, 0.3) is 0 Å². The summed E-state index contributed by atoms with van der Waals surface area (Å²) < 4.78 is 5.39. The number of methoxy groups -OCH3 is 1. The fraction of sp³-hybridized carbons (Fsp3) is 0.348. The second kappa shape index (κ2) is 9.87. The Morgan fingerprint density at radius 2 is 2.07 bits per heavy atom. The molecule has 2 heterocycles. The molecule has 29 heavy (non-hydrogen) atoms. The first-order valence-electron chi connectivity index (χ1n) is 9.82. The average molecular weight is 394 g/mol. The van der Waals surface area contributed by atoms with Crippen LogP contribution < -0.4 is 4.74 Å². The molecule has 0 saturated carbocycles. The molecule has 2 aromatic rings. The topological polar surface area (TPSA) is 79.7 Å². The highest BCUT2D eigenvalue weighted by Gasteiger charge is 2.38. The molecule has 6 nitrogen and oxygen atoms in total. The van der Waals surface area contributed by atoms with E-state index in [0.29, 0.717) is 24.3 Å². The number of hydrogen-bond acceptors (Lipinski definition) is 4. The number of amides is 1. The van der Waals surface area contributed by atoms with Crippen LogP contribution in [0.15, 0.2) is 60.9 Å². The third-order valence-electron chi connectivity index (χ3n) is 5.28. The van der Waals surface area contributed by atoms with Gasteiger partial charge in [0.25, 0.3) is 5.91 Å². The average Bonchev–Trinajstić information content (AvgIpc) is 3.17. The van der Waals surface area contributed by atoms with E-state index in [-0.39, 0.29) is 24.3 Å². The Bertz CT molecular complexity index is 866. The maximum atomic E-state index is 13.3. The summed E-state index contributed by atoms with van der Waals surface area (Å²) >= 11 is 0. The van der Waals surface area contributed by atoms with Crippen molar-refractivity contribution in [3.05, 3.63) is 72.1 Å². The van der Waals surface area contributed by atoms with Gasteiger partial charge in [-0.3, -0.25) is 14.6 Å². The van der Waals surface area contributed by atoms with Crippen LogP contribution >= 0.6 is 0 Å². The zero-order valence-corrected chi connectivity index (χ0v) is 16.5. The van der Waals surface area contributed by atoms with E-state index in [1.165, 1.54) is 0 Å². The van der Waals surface area contributed by atoms with Gasteiger partial charge in [0.15, 0.2) is 0 Å². The van der Waals surface area contributed by atoms with Crippen LogP contribution in [0.3, 0.4) is 0 Å². The Morgan fingerprint density at radius 1 is 1.24 bits per heavy atom. The number of nitrogens with zero attached hydrogens (tertiary/aromatic N) is 2. The monoisotopic (exact) mass is 394 g/mol. The molecule has 0 unspecified atom stereocenters. The molecule has 1 N–H and O–H groups in total. The van der Waals surface area contributed by atoms with Crippen LogP contribution in [-0.2, 0) is 4.79 Å². The largest absolute Gasteiger partial charge is 0.496 e. The Kier molecular flexibility index (Phi) is 7.00. The third kappa shape index (κ3) is 5.02. The van der Waals surface area contributed by atoms with Crippen molar-refractivity contribution in [2.45, 2.75) is 31.7 Å². The van der Waals surface area contributed by atoms with Crippen LogP contribution in [0.2, 0.25) is 0 Å². The van der Waals surface area contributed by atoms with Crippen molar-refractivity contribution >= 4 is 11.9 Å². The van der Waals surface area contributed by atoms with Gasteiger partial charge in [-0.2, -0.15) is 0 Å². The van der Waals surface area contributed by atoms with Gasteiger partial charge in [-0.25, -0.2) is 0 Å². The van der Waals surface area contributed by atoms with Crippen LogP contribution in [0, 0.1) is 5.92 Å². The van der Waals surface area contributed by atoms with Crippen molar-refractivity contribution in [1.29, 1.82) is 0 Å². The molecule has 1 aromatic heterocycles. The predicted octanol–water partition coefficient (Wildman–Crippen LogP) is 4.10. The number of hydrogen-bond donors (Lipinski definition) is 1. The summed E-state index contributed by atoms with van der Waals surface area (Å²) in [4.78, 5) is 30.2. The lowest BCUT2D eigenvalue weighted by atomic mass is 9.91. The minimum atomic E-state index is -0.794. The lowest BCUT2D eigenvalue weighted by Gasteiger charge is -2.28. The quantitative estimate of drug-likeness (QED) is 0.682. The summed E-state index contributed by atoms with van der Waals surface area (Å²) in [6, 6.07) is 11.1. The molecule has 2 atom stereocenters. The molecular weight excluding hydrogens is 368 g/mol. The van der Waals surface area contributed by atoms with E-state index in [1.54, 1.807) is 25.4 Å². The van der Waals surface area contributed by atoms with Crippen LogP contribution in [0.4, 0.5) is 0 Å². The molecule has 152 valence electrons. The maximum absolute atomic E-state index is 13.3. The molecule has 1 aliphatic rings. The summed E-state index contributed by atoms with van der Waals surface area (Å²) in [5.74, 6) is -0.0237. The number of likely N-dealkylation sites (tertiary alicyclic amines) is 1. The van der Waals surface area contributed by atoms with E-state index >= 15 is 0 Å². The lowest BCUT2D eigenvalue weighted by molar-refractivity contribution is -0.136. The van der Waals surface area contributed by atoms with E-state index in [9.17, 15) is 9.59 Å².